The van der Waals surface area contributed by atoms with Crippen LogP contribution in [0.25, 0.3) is 11.2 Å². The van der Waals surface area contributed by atoms with E-state index in [2.05, 4.69) is 25.3 Å². The van der Waals surface area contributed by atoms with Gasteiger partial charge in [-0.15, -0.1) is 0 Å². The summed E-state index contributed by atoms with van der Waals surface area (Å²) in [5.41, 5.74) is 6.96. The molecule has 7 heteroatoms. The molecule has 0 aliphatic carbocycles. The Kier molecular flexibility index (Phi) is 4.30. The molecule has 2 aromatic heterocycles. The Labute approximate surface area is 105 Å². The zero-order chi connectivity index (χ0) is 12.8. The quantitative estimate of drug-likeness (QED) is 0.543. The van der Waals surface area contributed by atoms with Gasteiger partial charge in [-0.05, 0) is 12.8 Å². The second kappa shape index (κ2) is 6.15. The van der Waals surface area contributed by atoms with Gasteiger partial charge in [0.25, 0.3) is 0 Å². The van der Waals surface area contributed by atoms with Gasteiger partial charge >= 0.3 is 0 Å². The van der Waals surface area contributed by atoms with Crippen LogP contribution in [0.2, 0.25) is 0 Å². The molecule has 5 N–H and O–H groups in total. The minimum atomic E-state index is 0.220. The van der Waals surface area contributed by atoms with Crippen molar-refractivity contribution in [2.75, 3.05) is 24.2 Å². The molecule has 98 valence electrons. The molecular formula is C11H18N6O. The topological polar surface area (TPSA) is 113 Å². The molecule has 0 amide bonds. The molecule has 0 aromatic carbocycles. The predicted molar refractivity (Wildman–Crippen MR) is 70.1 cm³/mol. The highest BCUT2D eigenvalue weighted by Crippen LogP contribution is 2.17. The number of aliphatic hydroxyl groups is 1. The van der Waals surface area contributed by atoms with Crippen LogP contribution in [-0.4, -0.2) is 38.2 Å². The molecule has 0 aliphatic heterocycles. The summed E-state index contributed by atoms with van der Waals surface area (Å²) >= 11 is 0. The summed E-state index contributed by atoms with van der Waals surface area (Å²) in [5, 5.41) is 11.9. The van der Waals surface area contributed by atoms with Gasteiger partial charge in [0.2, 0.25) is 5.95 Å². The normalized spacial score (nSPS) is 10.9. The van der Waals surface area contributed by atoms with E-state index < -0.39 is 0 Å². The highest BCUT2D eigenvalue weighted by molar-refractivity contribution is 5.83. The summed E-state index contributed by atoms with van der Waals surface area (Å²) in [4.78, 5) is 15.2. The van der Waals surface area contributed by atoms with E-state index >= 15 is 0 Å². The van der Waals surface area contributed by atoms with E-state index in [-0.39, 0.29) is 12.6 Å². The monoisotopic (exact) mass is 250 g/mol. The molecule has 18 heavy (non-hydrogen) atoms. The molecular weight excluding hydrogens is 232 g/mol. The molecule has 0 aliphatic rings. The first kappa shape index (κ1) is 12.6. The van der Waals surface area contributed by atoms with Gasteiger partial charge < -0.3 is 21.1 Å². The largest absolute Gasteiger partial charge is 0.396 e. The molecule has 7 nitrogen and oxygen atoms in total. The lowest BCUT2D eigenvalue weighted by Crippen LogP contribution is -2.06. The summed E-state index contributed by atoms with van der Waals surface area (Å²) < 4.78 is 0. The van der Waals surface area contributed by atoms with Crippen LogP contribution in [0.5, 0.6) is 0 Å². The highest BCUT2D eigenvalue weighted by Gasteiger charge is 2.07. The fourth-order valence-corrected chi connectivity index (χ4v) is 1.78. The van der Waals surface area contributed by atoms with Crippen LogP contribution in [0, 0.1) is 0 Å². The molecule has 0 saturated carbocycles. The van der Waals surface area contributed by atoms with Crippen LogP contribution in [-0.2, 0) is 0 Å². The number of nitrogens with zero attached hydrogens (tertiary/aromatic N) is 3. The third-order valence-corrected chi connectivity index (χ3v) is 2.68. The number of unbranched alkanes of at least 4 members (excludes halogenated alkanes) is 3. The molecule has 0 atom stereocenters. The third-order valence-electron chi connectivity index (χ3n) is 2.68. The summed E-state index contributed by atoms with van der Waals surface area (Å²) in [6.07, 6.45) is 5.60. The SMILES string of the molecule is Nc1nc(NCCCCCCO)c2[nH]cnc2n1. The average Bonchev–Trinajstić information content (AvgIpc) is 2.81. The van der Waals surface area contributed by atoms with Crippen molar-refractivity contribution in [2.24, 2.45) is 0 Å². The molecule has 2 aromatic rings. The fourth-order valence-electron chi connectivity index (χ4n) is 1.78. The highest BCUT2D eigenvalue weighted by atomic mass is 16.2. The predicted octanol–water partition coefficient (Wildman–Crippen LogP) is 0.900. The second-order valence-corrected chi connectivity index (χ2v) is 4.10. The Morgan fingerprint density at radius 2 is 2.06 bits per heavy atom. The number of aromatic amines is 1. The van der Waals surface area contributed by atoms with Crippen molar-refractivity contribution >= 4 is 22.9 Å². The Morgan fingerprint density at radius 3 is 2.89 bits per heavy atom. The maximum absolute atomic E-state index is 8.67. The standard InChI is InChI=1S/C11H18N6O/c12-11-16-9(8-10(17-11)15-7-14-8)13-5-3-1-2-4-6-18/h7,18H,1-6H2,(H4,12,13,14,15,16,17). The van der Waals surface area contributed by atoms with Crippen molar-refractivity contribution in [3.8, 4) is 0 Å². The maximum Gasteiger partial charge on any atom is 0.224 e. The van der Waals surface area contributed by atoms with Crippen LogP contribution < -0.4 is 11.1 Å². The molecule has 2 rings (SSSR count). The van der Waals surface area contributed by atoms with E-state index in [0.29, 0.717) is 11.5 Å². The van der Waals surface area contributed by atoms with E-state index in [4.69, 9.17) is 10.8 Å². The van der Waals surface area contributed by atoms with Crippen molar-refractivity contribution in [1.29, 1.82) is 0 Å². The summed E-state index contributed by atoms with van der Waals surface area (Å²) in [5.74, 6) is 0.912. The number of hydrogen-bond donors (Lipinski definition) is 4. The molecule has 0 radical (unpaired) electrons. The van der Waals surface area contributed by atoms with Crippen LogP contribution >= 0.6 is 0 Å². The van der Waals surface area contributed by atoms with E-state index in [1.54, 1.807) is 6.33 Å². The maximum atomic E-state index is 8.67. The zero-order valence-electron chi connectivity index (χ0n) is 10.2. The number of aromatic nitrogens is 4. The molecule has 0 saturated heterocycles. The second-order valence-electron chi connectivity index (χ2n) is 4.10. The van der Waals surface area contributed by atoms with Gasteiger partial charge in [0, 0.05) is 13.2 Å². The van der Waals surface area contributed by atoms with Gasteiger partial charge in [-0.3, -0.25) is 0 Å². The molecule has 0 bridgehead atoms. The number of anilines is 2. The lowest BCUT2D eigenvalue weighted by molar-refractivity contribution is 0.283. The zero-order valence-corrected chi connectivity index (χ0v) is 10.2. The van der Waals surface area contributed by atoms with Crippen molar-refractivity contribution in [3.63, 3.8) is 0 Å². The van der Waals surface area contributed by atoms with E-state index in [0.717, 1.165) is 37.7 Å². The Morgan fingerprint density at radius 1 is 1.22 bits per heavy atom. The molecule has 2 heterocycles. The molecule has 0 spiro atoms. The van der Waals surface area contributed by atoms with Gasteiger partial charge in [-0.25, -0.2) is 4.98 Å². The van der Waals surface area contributed by atoms with Gasteiger partial charge in [-0.2, -0.15) is 9.97 Å². The molecule has 0 fully saturated rings. The number of rotatable bonds is 7. The van der Waals surface area contributed by atoms with Crippen molar-refractivity contribution in [3.05, 3.63) is 6.33 Å². The van der Waals surface area contributed by atoms with Crippen molar-refractivity contribution in [2.45, 2.75) is 25.7 Å². The summed E-state index contributed by atoms with van der Waals surface area (Å²) in [6, 6.07) is 0. The minimum Gasteiger partial charge on any atom is -0.396 e. The number of nitrogens with one attached hydrogen (secondary N) is 2. The Bertz CT molecular complexity index is 497. The van der Waals surface area contributed by atoms with Gasteiger partial charge in [-0.1, -0.05) is 12.8 Å². The molecule has 0 unspecified atom stereocenters. The van der Waals surface area contributed by atoms with Crippen LogP contribution in [0.3, 0.4) is 0 Å². The number of hydrogen-bond acceptors (Lipinski definition) is 6. The first-order valence-corrected chi connectivity index (χ1v) is 6.12. The van der Waals surface area contributed by atoms with E-state index in [1.165, 1.54) is 0 Å². The number of H-pyrrole nitrogens is 1. The number of nitrogen functional groups attached to an aromatic ring is 1. The van der Waals surface area contributed by atoms with E-state index in [1.807, 2.05) is 0 Å². The van der Waals surface area contributed by atoms with Crippen LogP contribution in [0.4, 0.5) is 11.8 Å². The Balaban J connectivity index is 1.89. The first-order valence-electron chi connectivity index (χ1n) is 6.12. The number of aliphatic hydroxyl groups excluding tert-OH is 1. The van der Waals surface area contributed by atoms with E-state index in [9.17, 15) is 0 Å². The third kappa shape index (κ3) is 3.07. The minimum absolute atomic E-state index is 0.220. The lowest BCUT2D eigenvalue weighted by atomic mass is 10.2. The number of imidazole rings is 1. The van der Waals surface area contributed by atoms with Gasteiger partial charge in [0.15, 0.2) is 11.5 Å². The number of nitrogens with two attached hydrogens (primary N) is 1. The van der Waals surface area contributed by atoms with Crippen molar-refractivity contribution in [1.82, 2.24) is 19.9 Å². The fraction of sp³-hybridized carbons (Fsp3) is 0.545. The lowest BCUT2D eigenvalue weighted by Gasteiger charge is -2.06. The first-order chi connectivity index (χ1) is 8.81. The Hall–Kier alpha value is -1.89. The van der Waals surface area contributed by atoms with Crippen LogP contribution in [0.1, 0.15) is 25.7 Å². The smallest absolute Gasteiger partial charge is 0.224 e. The van der Waals surface area contributed by atoms with Gasteiger partial charge in [0.05, 0.1) is 6.33 Å². The number of fused-ring (bicyclic) bond motifs is 1. The average molecular weight is 250 g/mol. The summed E-state index contributed by atoms with van der Waals surface area (Å²) in [6.45, 7) is 1.08. The van der Waals surface area contributed by atoms with Crippen molar-refractivity contribution < 1.29 is 5.11 Å². The summed E-state index contributed by atoms with van der Waals surface area (Å²) in [7, 11) is 0. The van der Waals surface area contributed by atoms with Gasteiger partial charge in [0.1, 0.15) is 5.52 Å². The van der Waals surface area contributed by atoms with Crippen LogP contribution in [0.15, 0.2) is 6.33 Å².